The van der Waals surface area contributed by atoms with E-state index in [9.17, 15) is 22.4 Å². The van der Waals surface area contributed by atoms with Crippen LogP contribution in [-0.2, 0) is 26.0 Å². The van der Waals surface area contributed by atoms with Crippen LogP contribution in [-0.4, -0.2) is 43.8 Å². The minimum Gasteiger partial charge on any atom is -0.449 e. The van der Waals surface area contributed by atoms with Crippen molar-refractivity contribution in [2.24, 2.45) is 0 Å². The van der Waals surface area contributed by atoms with Gasteiger partial charge in [0.05, 0.1) is 11.6 Å². The van der Waals surface area contributed by atoms with Crippen LogP contribution in [0.4, 0.5) is 4.39 Å². The molecule has 2 aromatic carbocycles. The number of hydrogen-bond donors (Lipinski definition) is 1. The molecule has 182 valence electrons. The smallest absolute Gasteiger partial charge is 0.338 e. The molecule has 2 unspecified atom stereocenters. The molecule has 7 nitrogen and oxygen atoms in total. The molecule has 0 bridgehead atoms. The fraction of sp³-hybridized carbons (Fsp3) is 0.440. The van der Waals surface area contributed by atoms with Gasteiger partial charge in [-0.2, -0.15) is 4.31 Å². The number of piperidine rings is 1. The van der Waals surface area contributed by atoms with E-state index >= 15 is 0 Å². The van der Waals surface area contributed by atoms with Crippen molar-refractivity contribution < 1.29 is 27.1 Å². The van der Waals surface area contributed by atoms with Crippen molar-refractivity contribution in [2.45, 2.75) is 62.5 Å². The second-order valence-corrected chi connectivity index (χ2v) is 10.7. The van der Waals surface area contributed by atoms with Gasteiger partial charge in [0.25, 0.3) is 5.91 Å². The van der Waals surface area contributed by atoms with Gasteiger partial charge in [0.2, 0.25) is 10.0 Å². The highest BCUT2D eigenvalue weighted by Gasteiger charge is 2.30. The Balaban J connectivity index is 1.44. The van der Waals surface area contributed by atoms with E-state index in [4.69, 9.17) is 4.74 Å². The number of nitrogens with zero attached hydrogens (tertiary/aromatic N) is 1. The molecule has 1 aliphatic heterocycles. The quantitative estimate of drug-likeness (QED) is 0.626. The number of rotatable bonds is 6. The van der Waals surface area contributed by atoms with Crippen LogP contribution in [0.25, 0.3) is 0 Å². The molecular weight excluding hydrogens is 459 g/mol. The highest BCUT2D eigenvalue weighted by atomic mass is 32.2. The van der Waals surface area contributed by atoms with Gasteiger partial charge in [-0.25, -0.2) is 17.6 Å². The fourth-order valence-corrected chi connectivity index (χ4v) is 6.15. The standard InChI is InChI=1S/C25H29FN2O5S/c1-17(24(29)27-22-11-7-9-18-8-3-4-10-20(18)22)33-25(30)19-12-13-21(26)23(16-19)34(31,32)28-14-5-2-6-15-28/h3-4,8,10,12-13,16-17,22H,2,5-7,9,11,14-15H2,1H3,(H,27,29). The largest absolute Gasteiger partial charge is 0.449 e. The molecule has 2 aromatic rings. The van der Waals surface area contributed by atoms with Crippen molar-refractivity contribution >= 4 is 21.9 Å². The van der Waals surface area contributed by atoms with Gasteiger partial charge in [-0.15, -0.1) is 0 Å². The van der Waals surface area contributed by atoms with Crippen LogP contribution >= 0.6 is 0 Å². The molecule has 0 saturated carbocycles. The van der Waals surface area contributed by atoms with Gasteiger partial charge < -0.3 is 10.1 Å². The maximum Gasteiger partial charge on any atom is 0.338 e. The van der Waals surface area contributed by atoms with Crippen LogP contribution in [0.15, 0.2) is 47.4 Å². The molecule has 2 aliphatic rings. The van der Waals surface area contributed by atoms with Crippen molar-refractivity contribution in [3.63, 3.8) is 0 Å². The van der Waals surface area contributed by atoms with E-state index in [-0.39, 0.29) is 11.6 Å². The van der Waals surface area contributed by atoms with Crippen LogP contribution in [0, 0.1) is 5.82 Å². The summed E-state index contributed by atoms with van der Waals surface area (Å²) in [6, 6.07) is 10.9. The Bertz CT molecular complexity index is 1180. The fourth-order valence-electron chi connectivity index (χ4n) is 4.55. The van der Waals surface area contributed by atoms with E-state index in [0.717, 1.165) is 49.4 Å². The van der Waals surface area contributed by atoms with Gasteiger partial charge in [-0.05, 0) is 68.4 Å². The van der Waals surface area contributed by atoms with E-state index in [2.05, 4.69) is 5.32 Å². The Labute approximate surface area is 199 Å². The number of carbonyl (C=O) groups excluding carboxylic acids is 2. The number of carbonyl (C=O) groups is 2. The molecule has 1 heterocycles. The van der Waals surface area contributed by atoms with Crippen molar-refractivity contribution in [2.75, 3.05) is 13.1 Å². The number of benzene rings is 2. The molecule has 2 atom stereocenters. The molecule has 1 saturated heterocycles. The number of ether oxygens (including phenoxy) is 1. The summed E-state index contributed by atoms with van der Waals surface area (Å²) in [6.07, 6.45) is 3.93. The third-order valence-electron chi connectivity index (χ3n) is 6.44. The Morgan fingerprint density at radius 1 is 1.09 bits per heavy atom. The number of esters is 1. The van der Waals surface area contributed by atoms with Gasteiger partial charge in [0, 0.05) is 13.1 Å². The Morgan fingerprint density at radius 3 is 2.59 bits per heavy atom. The molecule has 1 amide bonds. The topological polar surface area (TPSA) is 92.8 Å². The molecule has 9 heteroatoms. The van der Waals surface area contributed by atoms with Crippen molar-refractivity contribution in [1.82, 2.24) is 9.62 Å². The number of aryl methyl sites for hydroxylation is 1. The molecule has 0 spiro atoms. The van der Waals surface area contributed by atoms with Crippen LogP contribution in [0.1, 0.15) is 66.6 Å². The Hall–Kier alpha value is -2.78. The van der Waals surface area contributed by atoms with E-state index in [1.54, 1.807) is 0 Å². The van der Waals surface area contributed by atoms with Crippen LogP contribution in [0.3, 0.4) is 0 Å². The third-order valence-corrected chi connectivity index (χ3v) is 8.35. The van der Waals surface area contributed by atoms with Crippen molar-refractivity contribution in [3.05, 3.63) is 65.0 Å². The van der Waals surface area contributed by atoms with Gasteiger partial charge >= 0.3 is 5.97 Å². The normalized spacial score (nSPS) is 19.6. The number of nitrogens with one attached hydrogen (secondary N) is 1. The first-order valence-corrected chi connectivity index (χ1v) is 13.1. The summed E-state index contributed by atoms with van der Waals surface area (Å²) in [5, 5.41) is 2.94. The minimum atomic E-state index is -4.07. The van der Waals surface area contributed by atoms with E-state index in [1.807, 2.05) is 24.3 Å². The van der Waals surface area contributed by atoms with Gasteiger partial charge in [-0.1, -0.05) is 30.7 Å². The lowest BCUT2D eigenvalue weighted by Crippen LogP contribution is -2.39. The molecule has 1 fully saturated rings. The van der Waals surface area contributed by atoms with Crippen molar-refractivity contribution in [1.29, 1.82) is 0 Å². The third kappa shape index (κ3) is 5.15. The number of sulfonamides is 1. The molecule has 0 aromatic heterocycles. The van der Waals surface area contributed by atoms with Crippen LogP contribution < -0.4 is 5.32 Å². The maximum atomic E-state index is 14.4. The summed E-state index contributed by atoms with van der Waals surface area (Å²) in [7, 11) is -4.07. The molecular formula is C25H29FN2O5S. The number of hydrogen-bond acceptors (Lipinski definition) is 5. The van der Waals surface area contributed by atoms with Crippen LogP contribution in [0.2, 0.25) is 0 Å². The molecule has 0 radical (unpaired) electrons. The zero-order valence-corrected chi connectivity index (χ0v) is 19.9. The monoisotopic (exact) mass is 488 g/mol. The molecule has 1 N–H and O–H groups in total. The zero-order valence-electron chi connectivity index (χ0n) is 19.1. The summed E-state index contributed by atoms with van der Waals surface area (Å²) in [5.41, 5.74) is 2.13. The predicted octanol–water partition coefficient (Wildman–Crippen LogP) is 3.74. The molecule has 34 heavy (non-hydrogen) atoms. The highest BCUT2D eigenvalue weighted by Crippen LogP contribution is 2.29. The zero-order chi connectivity index (χ0) is 24.3. The summed E-state index contributed by atoms with van der Waals surface area (Å²) in [4.78, 5) is 24.9. The van der Waals surface area contributed by atoms with E-state index in [0.29, 0.717) is 25.9 Å². The van der Waals surface area contributed by atoms with Crippen LogP contribution in [0.5, 0.6) is 0 Å². The summed E-state index contributed by atoms with van der Waals surface area (Å²) >= 11 is 0. The predicted molar refractivity (Wildman–Crippen MR) is 124 cm³/mol. The average Bonchev–Trinajstić information content (AvgIpc) is 2.84. The SMILES string of the molecule is CC(OC(=O)c1ccc(F)c(S(=O)(=O)N2CCCCC2)c1)C(=O)NC1CCCc2ccccc21. The lowest BCUT2D eigenvalue weighted by atomic mass is 9.87. The molecule has 1 aliphatic carbocycles. The van der Waals surface area contributed by atoms with E-state index < -0.39 is 38.7 Å². The maximum absolute atomic E-state index is 14.4. The van der Waals surface area contributed by atoms with E-state index in [1.165, 1.54) is 16.8 Å². The van der Waals surface area contributed by atoms with Gasteiger partial charge in [-0.3, -0.25) is 4.79 Å². The number of amides is 1. The lowest BCUT2D eigenvalue weighted by Gasteiger charge is -2.27. The average molecular weight is 489 g/mol. The summed E-state index contributed by atoms with van der Waals surface area (Å²) < 4.78 is 46.8. The molecule has 4 rings (SSSR count). The first kappa shape index (κ1) is 24.3. The highest BCUT2D eigenvalue weighted by molar-refractivity contribution is 7.89. The number of halogens is 1. The first-order valence-electron chi connectivity index (χ1n) is 11.7. The van der Waals surface area contributed by atoms with Gasteiger partial charge in [0.15, 0.2) is 6.10 Å². The second-order valence-electron chi connectivity index (χ2n) is 8.81. The summed E-state index contributed by atoms with van der Waals surface area (Å²) in [6.45, 7) is 2.09. The summed E-state index contributed by atoms with van der Waals surface area (Å²) in [5.74, 6) is -2.26. The lowest BCUT2D eigenvalue weighted by molar-refractivity contribution is -0.130. The number of fused-ring (bicyclic) bond motifs is 1. The van der Waals surface area contributed by atoms with Crippen molar-refractivity contribution in [3.8, 4) is 0 Å². The Kier molecular flexibility index (Phi) is 7.33. The van der Waals surface area contributed by atoms with Gasteiger partial charge in [0.1, 0.15) is 10.7 Å². The minimum absolute atomic E-state index is 0.125. The first-order chi connectivity index (χ1) is 16.3. The second kappa shape index (κ2) is 10.2. The Morgan fingerprint density at radius 2 is 1.82 bits per heavy atom.